The minimum atomic E-state index is -0.448. The van der Waals surface area contributed by atoms with Gasteiger partial charge in [0.2, 0.25) is 0 Å². The minimum absolute atomic E-state index is 0.0400. The Morgan fingerprint density at radius 3 is 2.88 bits per heavy atom. The molecule has 3 rings (SSSR count). The number of nitro groups is 1. The van der Waals surface area contributed by atoms with Gasteiger partial charge in [-0.05, 0) is 31.5 Å². The Balaban J connectivity index is 1.79. The van der Waals surface area contributed by atoms with Gasteiger partial charge in [0, 0.05) is 17.8 Å². The summed E-state index contributed by atoms with van der Waals surface area (Å²) < 4.78 is 5.35. The van der Waals surface area contributed by atoms with Crippen molar-refractivity contribution in [2.24, 2.45) is 0 Å². The number of imidazole rings is 1. The van der Waals surface area contributed by atoms with Crippen molar-refractivity contribution in [3.63, 3.8) is 0 Å². The second kappa shape index (κ2) is 6.57. The first-order valence-electron chi connectivity index (χ1n) is 7.68. The smallest absolute Gasteiger partial charge is 0.311 e. The molecule has 0 saturated carbocycles. The third-order valence-corrected chi connectivity index (χ3v) is 3.68. The molecule has 0 amide bonds. The highest BCUT2D eigenvalue weighted by Crippen LogP contribution is 2.30. The maximum Gasteiger partial charge on any atom is 0.311 e. The number of aromatic amines is 1. The first-order valence-corrected chi connectivity index (χ1v) is 7.68. The molecule has 0 unspecified atom stereocenters. The fourth-order valence-electron chi connectivity index (χ4n) is 2.54. The van der Waals surface area contributed by atoms with Gasteiger partial charge in [-0.15, -0.1) is 0 Å². The van der Waals surface area contributed by atoms with Crippen LogP contribution in [0.25, 0.3) is 11.0 Å². The Hall–Kier alpha value is -3.09. The molecule has 1 heterocycles. The maximum atomic E-state index is 11.0. The lowest BCUT2D eigenvalue weighted by molar-refractivity contribution is -0.385. The van der Waals surface area contributed by atoms with Crippen molar-refractivity contribution in [1.82, 2.24) is 9.97 Å². The lowest BCUT2D eigenvalue weighted by Gasteiger charge is -2.08. The van der Waals surface area contributed by atoms with E-state index in [4.69, 9.17) is 4.74 Å². The lowest BCUT2D eigenvalue weighted by atomic mass is 10.2. The summed E-state index contributed by atoms with van der Waals surface area (Å²) in [4.78, 5) is 18.4. The van der Waals surface area contributed by atoms with E-state index in [-0.39, 0.29) is 11.4 Å². The summed E-state index contributed by atoms with van der Waals surface area (Å²) in [7, 11) is 0. The van der Waals surface area contributed by atoms with E-state index in [0.717, 1.165) is 28.1 Å². The summed E-state index contributed by atoms with van der Waals surface area (Å²) in [6, 6.07) is 10.7. The summed E-state index contributed by atoms with van der Waals surface area (Å²) in [5, 5.41) is 14.2. The van der Waals surface area contributed by atoms with Crippen molar-refractivity contribution < 1.29 is 9.66 Å². The molecule has 1 aromatic heterocycles. The SMILES string of the molecule is CCOc1cc(NCc2nc3c(C)cccc3[nH]2)ccc1[N+](=O)[O-]. The molecule has 0 spiro atoms. The summed E-state index contributed by atoms with van der Waals surface area (Å²) in [6.07, 6.45) is 0. The monoisotopic (exact) mass is 326 g/mol. The van der Waals surface area contributed by atoms with Gasteiger partial charge in [0.1, 0.15) is 5.82 Å². The van der Waals surface area contributed by atoms with E-state index in [9.17, 15) is 10.1 Å². The Morgan fingerprint density at radius 2 is 2.17 bits per heavy atom. The number of hydrogen-bond acceptors (Lipinski definition) is 5. The third-order valence-electron chi connectivity index (χ3n) is 3.68. The van der Waals surface area contributed by atoms with E-state index in [1.165, 1.54) is 6.07 Å². The number of benzene rings is 2. The molecule has 0 aliphatic heterocycles. The Labute approximate surface area is 138 Å². The van der Waals surface area contributed by atoms with Crippen molar-refractivity contribution in [3.8, 4) is 5.75 Å². The first-order chi connectivity index (χ1) is 11.6. The van der Waals surface area contributed by atoms with Crippen molar-refractivity contribution in [3.05, 3.63) is 57.9 Å². The highest BCUT2D eigenvalue weighted by atomic mass is 16.6. The van der Waals surface area contributed by atoms with E-state index >= 15 is 0 Å². The molecule has 24 heavy (non-hydrogen) atoms. The number of rotatable bonds is 6. The van der Waals surface area contributed by atoms with Gasteiger partial charge < -0.3 is 15.0 Å². The number of H-pyrrole nitrogens is 1. The van der Waals surface area contributed by atoms with Crippen LogP contribution < -0.4 is 10.1 Å². The molecule has 7 nitrogen and oxygen atoms in total. The van der Waals surface area contributed by atoms with Crippen LogP contribution in [0, 0.1) is 17.0 Å². The summed E-state index contributed by atoms with van der Waals surface area (Å²) in [5.41, 5.74) is 3.76. The topological polar surface area (TPSA) is 93.1 Å². The van der Waals surface area contributed by atoms with Gasteiger partial charge in [-0.1, -0.05) is 12.1 Å². The zero-order valence-corrected chi connectivity index (χ0v) is 13.5. The second-order valence-electron chi connectivity index (χ2n) is 5.38. The molecular formula is C17H18N4O3. The zero-order valence-electron chi connectivity index (χ0n) is 13.5. The Bertz CT molecular complexity index is 889. The Kier molecular flexibility index (Phi) is 4.33. The fraction of sp³-hybridized carbons (Fsp3) is 0.235. The zero-order chi connectivity index (χ0) is 17.1. The number of anilines is 1. The van der Waals surface area contributed by atoms with Gasteiger partial charge in [0.25, 0.3) is 0 Å². The normalized spacial score (nSPS) is 10.8. The summed E-state index contributed by atoms with van der Waals surface area (Å²) in [5.74, 6) is 1.06. The molecule has 3 aromatic rings. The maximum absolute atomic E-state index is 11.0. The van der Waals surface area contributed by atoms with Gasteiger partial charge in [0.15, 0.2) is 5.75 Å². The van der Waals surface area contributed by atoms with Gasteiger partial charge in [0.05, 0.1) is 29.1 Å². The third kappa shape index (κ3) is 3.15. The van der Waals surface area contributed by atoms with Gasteiger partial charge in [-0.3, -0.25) is 10.1 Å². The number of ether oxygens (including phenoxy) is 1. The van der Waals surface area contributed by atoms with Crippen LogP contribution >= 0.6 is 0 Å². The van der Waals surface area contributed by atoms with Crippen LogP contribution in [0.1, 0.15) is 18.3 Å². The highest BCUT2D eigenvalue weighted by molar-refractivity contribution is 5.78. The van der Waals surface area contributed by atoms with E-state index < -0.39 is 4.92 Å². The van der Waals surface area contributed by atoms with Gasteiger partial charge in [-0.25, -0.2) is 4.98 Å². The number of para-hydroxylation sites is 1. The molecule has 7 heteroatoms. The average molecular weight is 326 g/mol. The molecule has 124 valence electrons. The highest BCUT2D eigenvalue weighted by Gasteiger charge is 2.15. The second-order valence-corrected chi connectivity index (χ2v) is 5.38. The standard InChI is InChI=1S/C17H18N4O3/c1-3-24-15-9-12(7-8-14(15)21(22)23)18-10-16-19-13-6-4-5-11(2)17(13)20-16/h4-9,18H,3,10H2,1-2H3,(H,19,20). The largest absolute Gasteiger partial charge is 0.487 e. The first kappa shape index (κ1) is 15.8. The minimum Gasteiger partial charge on any atom is -0.487 e. The van der Waals surface area contributed by atoms with Crippen LogP contribution in [0.4, 0.5) is 11.4 Å². The Morgan fingerprint density at radius 1 is 1.33 bits per heavy atom. The number of fused-ring (bicyclic) bond motifs is 1. The molecule has 0 bridgehead atoms. The quantitative estimate of drug-likeness (QED) is 0.531. The molecule has 0 radical (unpaired) electrons. The molecule has 2 aromatic carbocycles. The number of nitrogens with one attached hydrogen (secondary N) is 2. The molecule has 0 fully saturated rings. The van der Waals surface area contributed by atoms with Crippen molar-refractivity contribution in [1.29, 1.82) is 0 Å². The summed E-state index contributed by atoms with van der Waals surface area (Å²) in [6.45, 7) is 4.66. The molecule has 0 atom stereocenters. The van der Waals surface area contributed by atoms with E-state index in [1.54, 1.807) is 19.1 Å². The van der Waals surface area contributed by atoms with Crippen LogP contribution in [0.15, 0.2) is 36.4 Å². The van der Waals surface area contributed by atoms with Crippen molar-refractivity contribution >= 4 is 22.4 Å². The number of nitro benzene ring substituents is 1. The van der Waals surface area contributed by atoms with Crippen LogP contribution in [0.2, 0.25) is 0 Å². The number of aromatic nitrogens is 2. The summed E-state index contributed by atoms with van der Waals surface area (Å²) >= 11 is 0. The number of aryl methyl sites for hydroxylation is 1. The fourth-order valence-corrected chi connectivity index (χ4v) is 2.54. The van der Waals surface area contributed by atoms with E-state index in [2.05, 4.69) is 15.3 Å². The molecular weight excluding hydrogens is 308 g/mol. The van der Waals surface area contributed by atoms with Crippen LogP contribution in [-0.2, 0) is 6.54 Å². The van der Waals surface area contributed by atoms with Gasteiger partial charge >= 0.3 is 5.69 Å². The predicted octanol–water partition coefficient (Wildman–Crippen LogP) is 3.79. The van der Waals surface area contributed by atoms with Crippen LogP contribution in [0.5, 0.6) is 5.75 Å². The molecule has 0 aliphatic rings. The average Bonchev–Trinajstić information content (AvgIpc) is 2.98. The number of nitrogens with zero attached hydrogens (tertiary/aromatic N) is 2. The van der Waals surface area contributed by atoms with Crippen molar-refractivity contribution in [2.75, 3.05) is 11.9 Å². The molecule has 0 aliphatic carbocycles. The number of hydrogen-bond donors (Lipinski definition) is 2. The lowest BCUT2D eigenvalue weighted by Crippen LogP contribution is -2.03. The van der Waals surface area contributed by atoms with Crippen LogP contribution in [0.3, 0.4) is 0 Å². The van der Waals surface area contributed by atoms with Crippen LogP contribution in [-0.4, -0.2) is 21.5 Å². The van der Waals surface area contributed by atoms with Crippen molar-refractivity contribution in [2.45, 2.75) is 20.4 Å². The van der Waals surface area contributed by atoms with Gasteiger partial charge in [-0.2, -0.15) is 0 Å². The molecule has 0 saturated heterocycles. The van der Waals surface area contributed by atoms with E-state index in [0.29, 0.717) is 13.2 Å². The predicted molar refractivity (Wildman–Crippen MR) is 92.4 cm³/mol. The van der Waals surface area contributed by atoms with E-state index in [1.807, 2.05) is 25.1 Å². The molecule has 2 N–H and O–H groups in total.